The molecule has 0 N–H and O–H groups in total. The Hall–Kier alpha value is -2.40. The quantitative estimate of drug-likeness (QED) is 0.836. The van der Waals surface area contributed by atoms with Crippen LogP contribution >= 0.6 is 0 Å². The Bertz CT molecular complexity index is 750. The molecule has 0 aliphatic carbocycles. The van der Waals surface area contributed by atoms with Gasteiger partial charge in [0.1, 0.15) is 5.69 Å². The third-order valence-corrected chi connectivity index (χ3v) is 5.59. The maximum absolute atomic E-state index is 12.7. The van der Waals surface area contributed by atoms with Crippen LogP contribution in [-0.4, -0.2) is 60.0 Å². The van der Waals surface area contributed by atoms with Crippen molar-refractivity contribution in [1.29, 1.82) is 0 Å². The Kier molecular flexibility index (Phi) is 5.68. The van der Waals surface area contributed by atoms with Gasteiger partial charge < -0.3 is 9.80 Å². The fourth-order valence-corrected chi connectivity index (χ4v) is 4.00. The smallest absolute Gasteiger partial charge is 0.272 e. The maximum atomic E-state index is 12.7. The number of anilines is 1. The number of aromatic nitrogens is 1. The van der Waals surface area contributed by atoms with E-state index in [1.807, 2.05) is 17.0 Å². The molecule has 5 nitrogen and oxygen atoms in total. The summed E-state index contributed by atoms with van der Waals surface area (Å²) < 4.78 is 0. The number of piperidine rings is 1. The first-order valence-electron chi connectivity index (χ1n) is 10.1. The molecule has 27 heavy (non-hydrogen) atoms. The van der Waals surface area contributed by atoms with Gasteiger partial charge in [-0.05, 0) is 37.0 Å². The lowest BCUT2D eigenvalue weighted by Crippen LogP contribution is -2.46. The molecule has 1 aromatic heterocycles. The van der Waals surface area contributed by atoms with E-state index in [4.69, 9.17) is 0 Å². The summed E-state index contributed by atoms with van der Waals surface area (Å²) >= 11 is 0. The summed E-state index contributed by atoms with van der Waals surface area (Å²) in [7, 11) is 0. The van der Waals surface area contributed by atoms with Crippen molar-refractivity contribution in [3.05, 3.63) is 59.9 Å². The molecule has 0 saturated carbocycles. The van der Waals surface area contributed by atoms with E-state index in [1.165, 1.54) is 12.0 Å². The van der Waals surface area contributed by atoms with Gasteiger partial charge in [-0.2, -0.15) is 0 Å². The molecule has 4 rings (SSSR count). The molecule has 1 amide bonds. The minimum absolute atomic E-state index is 0.0827. The van der Waals surface area contributed by atoms with Crippen molar-refractivity contribution in [3.63, 3.8) is 0 Å². The van der Waals surface area contributed by atoms with E-state index in [0.717, 1.165) is 64.3 Å². The highest BCUT2D eigenvalue weighted by molar-refractivity contribution is 5.93. The number of benzene rings is 1. The Morgan fingerprint density at radius 1 is 0.889 bits per heavy atom. The Morgan fingerprint density at radius 3 is 2.37 bits per heavy atom. The monoisotopic (exact) mass is 364 g/mol. The van der Waals surface area contributed by atoms with Gasteiger partial charge in [-0.15, -0.1) is 0 Å². The summed E-state index contributed by atoms with van der Waals surface area (Å²) in [5.41, 5.74) is 3.06. The van der Waals surface area contributed by atoms with Gasteiger partial charge in [0, 0.05) is 57.7 Å². The summed E-state index contributed by atoms with van der Waals surface area (Å²) in [6.45, 7) is 6.76. The van der Waals surface area contributed by atoms with Gasteiger partial charge >= 0.3 is 0 Å². The van der Waals surface area contributed by atoms with Crippen LogP contribution in [0.3, 0.4) is 0 Å². The zero-order valence-corrected chi connectivity index (χ0v) is 15.9. The first-order valence-corrected chi connectivity index (χ1v) is 10.1. The lowest BCUT2D eigenvalue weighted by Gasteiger charge is -2.36. The van der Waals surface area contributed by atoms with Gasteiger partial charge in [-0.3, -0.25) is 14.7 Å². The number of hydrogen-bond donors (Lipinski definition) is 0. The standard InChI is InChI=1S/C22H28N4O/c27-22(26-11-5-2-6-12-26)21-17-20(9-10-23-21)25-15-13-24(14-16-25)18-19-7-3-1-4-8-19/h1,3-4,7-10,17H,2,5-6,11-16,18H2. The maximum Gasteiger partial charge on any atom is 0.272 e. The first-order chi connectivity index (χ1) is 13.3. The Morgan fingerprint density at radius 2 is 1.63 bits per heavy atom. The van der Waals surface area contributed by atoms with E-state index in [0.29, 0.717) is 5.69 Å². The number of hydrogen-bond acceptors (Lipinski definition) is 4. The van der Waals surface area contributed by atoms with E-state index in [2.05, 4.69) is 45.1 Å². The molecule has 2 fully saturated rings. The number of piperazine rings is 1. The van der Waals surface area contributed by atoms with Gasteiger partial charge in [-0.25, -0.2) is 0 Å². The summed E-state index contributed by atoms with van der Waals surface area (Å²) in [5.74, 6) is 0.0827. The highest BCUT2D eigenvalue weighted by Gasteiger charge is 2.22. The van der Waals surface area contributed by atoms with Crippen molar-refractivity contribution >= 4 is 11.6 Å². The number of nitrogens with zero attached hydrogens (tertiary/aromatic N) is 4. The SMILES string of the molecule is O=C(c1cc(N2CCN(Cc3ccccc3)CC2)ccn1)N1CCCCC1. The van der Waals surface area contributed by atoms with Crippen LogP contribution in [0.1, 0.15) is 35.3 Å². The van der Waals surface area contributed by atoms with Crippen molar-refractivity contribution in [3.8, 4) is 0 Å². The van der Waals surface area contributed by atoms with Crippen molar-refractivity contribution in [2.45, 2.75) is 25.8 Å². The van der Waals surface area contributed by atoms with Crippen molar-refractivity contribution in [1.82, 2.24) is 14.8 Å². The molecule has 2 aliphatic heterocycles. The van der Waals surface area contributed by atoms with Crippen LogP contribution in [-0.2, 0) is 6.54 Å². The first kappa shape index (κ1) is 18.0. The molecule has 3 heterocycles. The lowest BCUT2D eigenvalue weighted by atomic mass is 10.1. The highest BCUT2D eigenvalue weighted by Crippen LogP contribution is 2.20. The van der Waals surface area contributed by atoms with Gasteiger partial charge in [0.25, 0.3) is 5.91 Å². The average Bonchev–Trinajstić information content (AvgIpc) is 2.75. The second-order valence-corrected chi connectivity index (χ2v) is 7.50. The molecule has 0 spiro atoms. The third-order valence-electron chi connectivity index (χ3n) is 5.59. The van der Waals surface area contributed by atoms with E-state index in [-0.39, 0.29) is 5.91 Å². The van der Waals surface area contributed by atoms with Crippen LogP contribution in [0.25, 0.3) is 0 Å². The average molecular weight is 364 g/mol. The molecule has 0 bridgehead atoms. The number of carbonyl (C=O) groups is 1. The minimum Gasteiger partial charge on any atom is -0.369 e. The molecule has 5 heteroatoms. The largest absolute Gasteiger partial charge is 0.369 e. The summed E-state index contributed by atoms with van der Waals surface area (Å²) in [4.78, 5) is 23.9. The van der Waals surface area contributed by atoms with Gasteiger partial charge in [0.2, 0.25) is 0 Å². The summed E-state index contributed by atoms with van der Waals surface area (Å²) in [6, 6.07) is 14.6. The molecular weight excluding hydrogens is 336 g/mol. The lowest BCUT2D eigenvalue weighted by molar-refractivity contribution is 0.0718. The zero-order chi connectivity index (χ0) is 18.5. The molecular formula is C22H28N4O. The van der Waals surface area contributed by atoms with Crippen molar-refractivity contribution < 1.29 is 4.79 Å². The molecule has 2 aromatic rings. The van der Waals surface area contributed by atoms with Crippen LogP contribution < -0.4 is 4.90 Å². The number of carbonyl (C=O) groups excluding carboxylic acids is 1. The highest BCUT2D eigenvalue weighted by atomic mass is 16.2. The van der Waals surface area contributed by atoms with Gasteiger partial charge in [0.15, 0.2) is 0 Å². The van der Waals surface area contributed by atoms with Crippen LogP contribution in [0.2, 0.25) is 0 Å². The molecule has 142 valence electrons. The van der Waals surface area contributed by atoms with E-state index in [9.17, 15) is 4.79 Å². The number of pyridine rings is 1. The van der Waals surface area contributed by atoms with Crippen LogP contribution in [0.15, 0.2) is 48.7 Å². The second-order valence-electron chi connectivity index (χ2n) is 7.50. The minimum atomic E-state index is 0.0827. The van der Waals surface area contributed by atoms with Crippen LogP contribution in [0.4, 0.5) is 5.69 Å². The fraction of sp³-hybridized carbons (Fsp3) is 0.455. The van der Waals surface area contributed by atoms with Crippen molar-refractivity contribution in [2.75, 3.05) is 44.2 Å². The number of amides is 1. The number of likely N-dealkylation sites (tertiary alicyclic amines) is 1. The molecule has 0 radical (unpaired) electrons. The van der Waals surface area contributed by atoms with Crippen molar-refractivity contribution in [2.24, 2.45) is 0 Å². The molecule has 2 saturated heterocycles. The summed E-state index contributed by atoms with van der Waals surface area (Å²) in [5, 5.41) is 0. The summed E-state index contributed by atoms with van der Waals surface area (Å²) in [6.07, 6.45) is 5.22. The molecule has 0 atom stereocenters. The Balaban J connectivity index is 1.36. The fourth-order valence-electron chi connectivity index (χ4n) is 4.00. The topological polar surface area (TPSA) is 39.7 Å². The van der Waals surface area contributed by atoms with Crippen LogP contribution in [0, 0.1) is 0 Å². The molecule has 2 aliphatic rings. The van der Waals surface area contributed by atoms with E-state index >= 15 is 0 Å². The normalized spacial score (nSPS) is 18.5. The second kappa shape index (κ2) is 8.53. The molecule has 1 aromatic carbocycles. The van der Waals surface area contributed by atoms with E-state index in [1.54, 1.807) is 6.20 Å². The zero-order valence-electron chi connectivity index (χ0n) is 15.9. The van der Waals surface area contributed by atoms with Gasteiger partial charge in [0.05, 0.1) is 0 Å². The third kappa shape index (κ3) is 4.48. The van der Waals surface area contributed by atoms with Gasteiger partial charge in [-0.1, -0.05) is 30.3 Å². The van der Waals surface area contributed by atoms with E-state index < -0.39 is 0 Å². The van der Waals surface area contributed by atoms with Crippen LogP contribution in [0.5, 0.6) is 0 Å². The predicted octanol–water partition coefficient (Wildman–Crippen LogP) is 3.03. The molecule has 0 unspecified atom stereocenters. The number of rotatable bonds is 4. The Labute approximate surface area is 161 Å². The predicted molar refractivity (Wildman–Crippen MR) is 108 cm³/mol.